The Morgan fingerprint density at radius 1 is 0.931 bits per heavy atom. The molecule has 0 aromatic heterocycles. The van der Waals surface area contributed by atoms with E-state index in [0.717, 1.165) is 12.8 Å². The first-order valence-corrected chi connectivity index (χ1v) is 13.1. The van der Waals surface area contributed by atoms with Gasteiger partial charge in [0.15, 0.2) is 0 Å². The van der Waals surface area contributed by atoms with Crippen LogP contribution in [0.15, 0.2) is 53.5 Å². The molecule has 29 heavy (non-hydrogen) atoms. The minimum absolute atomic E-state index is 0. The summed E-state index contributed by atoms with van der Waals surface area (Å²) in [5, 5.41) is 0. The van der Waals surface area contributed by atoms with Crippen molar-refractivity contribution >= 4 is 7.05 Å². The molecule has 0 aromatic carbocycles. The average molecular weight is 454 g/mol. The van der Waals surface area contributed by atoms with Crippen LogP contribution in [0.3, 0.4) is 0 Å². The molecule has 0 fully saturated rings. The maximum absolute atomic E-state index is 5.47. The molecule has 0 unspecified atom stereocenters. The Kier molecular flexibility index (Phi) is 14.3. The van der Waals surface area contributed by atoms with Gasteiger partial charge in [-0.05, 0) is 54.3 Å². The Labute approximate surface area is 198 Å². The second-order valence-corrected chi connectivity index (χ2v) is 15.1. The predicted octanol–water partition coefficient (Wildman–Crippen LogP) is 9.31. The summed E-state index contributed by atoms with van der Waals surface area (Å²) in [6.45, 7) is 27.0. The van der Waals surface area contributed by atoms with Crippen molar-refractivity contribution in [3.63, 3.8) is 0 Å². The van der Waals surface area contributed by atoms with Gasteiger partial charge >= 0.3 is 0 Å². The summed E-state index contributed by atoms with van der Waals surface area (Å²) >= 11 is 0. The molecule has 0 aliphatic heterocycles. The third-order valence-corrected chi connectivity index (χ3v) is 9.20. The van der Waals surface area contributed by atoms with E-state index in [2.05, 4.69) is 100 Å². The van der Waals surface area contributed by atoms with Gasteiger partial charge < -0.3 is 0 Å². The second kappa shape index (κ2) is 13.3. The molecule has 166 valence electrons. The van der Waals surface area contributed by atoms with Gasteiger partial charge in [0.1, 0.15) is 0 Å². The van der Waals surface area contributed by atoms with E-state index in [-0.39, 0.29) is 21.7 Å². The van der Waals surface area contributed by atoms with E-state index in [4.69, 9.17) is 4.74 Å². The number of allylic oxidation sites excluding steroid dienone is 6. The van der Waals surface area contributed by atoms with E-state index in [1.54, 1.807) is 6.08 Å². The molecular weight excluding hydrogens is 405 g/mol. The fourth-order valence-electron chi connectivity index (χ4n) is 3.94. The maximum Gasteiger partial charge on any atom is 0.0425 e. The molecule has 0 aromatic rings. The van der Waals surface area contributed by atoms with Gasteiger partial charge in [-0.2, -0.15) is 0 Å². The number of rotatable bonds is 6. The Bertz CT molecular complexity index is 569. The van der Waals surface area contributed by atoms with Gasteiger partial charge in [-0.15, -0.1) is 0 Å². The number of hydrogen-bond acceptors (Lipinski definition) is 1. The standard InChI is InChI=1S/C20H38NP.C6H10.Ti/c1-18(2,3)14-22(15-19(4,5)6,16-20(7,8)9)21-17-12-10-11-13-17;1-3-5-6-4-2;/h10-12H,13-16H2,1-9H3;3,5-6H,1,4H2,2H3;. The smallest absolute Gasteiger partial charge is 0.0425 e. The van der Waals surface area contributed by atoms with Crippen molar-refractivity contribution in [1.29, 1.82) is 0 Å². The van der Waals surface area contributed by atoms with Gasteiger partial charge in [0, 0.05) is 33.8 Å². The Morgan fingerprint density at radius 3 is 1.62 bits per heavy atom. The first-order valence-electron chi connectivity index (χ1n) is 10.8. The van der Waals surface area contributed by atoms with Crippen molar-refractivity contribution < 1.29 is 21.7 Å². The van der Waals surface area contributed by atoms with Crippen LogP contribution in [-0.4, -0.2) is 18.5 Å². The molecule has 1 rings (SSSR count). The van der Waals surface area contributed by atoms with Crippen LogP contribution in [0, 0.1) is 16.2 Å². The minimum atomic E-state index is -1.39. The molecule has 1 aliphatic rings. The monoisotopic (exact) mass is 453 g/mol. The van der Waals surface area contributed by atoms with Crippen molar-refractivity contribution in [3.8, 4) is 0 Å². The summed E-state index contributed by atoms with van der Waals surface area (Å²) in [6, 6.07) is 0. The van der Waals surface area contributed by atoms with E-state index in [1.807, 2.05) is 6.08 Å². The predicted molar refractivity (Wildman–Crippen MR) is 134 cm³/mol. The van der Waals surface area contributed by atoms with Crippen LogP contribution in [-0.2, 0) is 21.7 Å². The zero-order valence-corrected chi connectivity index (χ0v) is 23.6. The molecule has 0 radical (unpaired) electrons. The fourth-order valence-corrected chi connectivity index (χ4v) is 10.5. The van der Waals surface area contributed by atoms with Gasteiger partial charge in [-0.25, -0.2) is 0 Å². The van der Waals surface area contributed by atoms with E-state index in [1.165, 1.54) is 24.2 Å². The van der Waals surface area contributed by atoms with Crippen LogP contribution < -0.4 is 0 Å². The molecule has 1 nitrogen and oxygen atoms in total. The molecular formula is C26H48NPTi. The summed E-state index contributed by atoms with van der Waals surface area (Å²) in [6.07, 6.45) is 18.3. The molecule has 0 spiro atoms. The summed E-state index contributed by atoms with van der Waals surface area (Å²) < 4.78 is 5.47. The van der Waals surface area contributed by atoms with Crippen molar-refractivity contribution in [3.05, 3.63) is 48.7 Å². The largest absolute Gasteiger partial charge is 0.272 e. The molecule has 3 heteroatoms. The van der Waals surface area contributed by atoms with Gasteiger partial charge in [-0.3, -0.25) is 4.74 Å². The Morgan fingerprint density at radius 2 is 1.38 bits per heavy atom. The topological polar surface area (TPSA) is 12.4 Å². The zero-order valence-electron chi connectivity index (χ0n) is 21.1. The molecule has 0 saturated carbocycles. The first kappa shape index (κ1) is 31.1. The summed E-state index contributed by atoms with van der Waals surface area (Å²) in [4.78, 5) is 0. The van der Waals surface area contributed by atoms with Crippen molar-refractivity contribution in [2.45, 2.75) is 82.1 Å². The van der Waals surface area contributed by atoms with Crippen LogP contribution >= 0.6 is 7.05 Å². The van der Waals surface area contributed by atoms with Gasteiger partial charge in [-0.1, -0.05) is 106 Å². The maximum atomic E-state index is 5.47. The van der Waals surface area contributed by atoms with Crippen LogP contribution in [0.2, 0.25) is 0 Å². The zero-order chi connectivity index (χ0) is 22.1. The third kappa shape index (κ3) is 17.3. The van der Waals surface area contributed by atoms with E-state index in [0.29, 0.717) is 16.2 Å². The Balaban J connectivity index is 0. The Hall–Kier alpha value is -0.0957. The van der Waals surface area contributed by atoms with Gasteiger partial charge in [0.2, 0.25) is 0 Å². The van der Waals surface area contributed by atoms with E-state index in [9.17, 15) is 0 Å². The van der Waals surface area contributed by atoms with Crippen LogP contribution in [0.5, 0.6) is 0 Å². The van der Waals surface area contributed by atoms with Gasteiger partial charge in [0.25, 0.3) is 0 Å². The average Bonchev–Trinajstić information content (AvgIpc) is 2.92. The van der Waals surface area contributed by atoms with Crippen LogP contribution in [0.1, 0.15) is 82.1 Å². The number of nitrogens with zero attached hydrogens (tertiary/aromatic N) is 1. The summed E-state index contributed by atoms with van der Waals surface area (Å²) in [5.74, 6) is 0. The normalized spacial score (nSPS) is 14.8. The molecule has 1 aliphatic carbocycles. The van der Waals surface area contributed by atoms with Crippen molar-refractivity contribution in [2.24, 2.45) is 21.0 Å². The molecule has 0 N–H and O–H groups in total. The molecule has 0 atom stereocenters. The van der Waals surface area contributed by atoms with E-state index >= 15 is 0 Å². The van der Waals surface area contributed by atoms with Crippen molar-refractivity contribution in [1.82, 2.24) is 0 Å². The molecule has 0 amide bonds. The number of hydrogen-bond donors (Lipinski definition) is 0. The summed E-state index contributed by atoms with van der Waals surface area (Å²) in [5.41, 5.74) is 2.31. The van der Waals surface area contributed by atoms with E-state index < -0.39 is 7.05 Å². The van der Waals surface area contributed by atoms with Crippen LogP contribution in [0.4, 0.5) is 0 Å². The third-order valence-electron chi connectivity index (χ3n) is 3.91. The van der Waals surface area contributed by atoms with Crippen LogP contribution in [0.25, 0.3) is 0 Å². The molecule has 0 bridgehead atoms. The minimum Gasteiger partial charge on any atom is -0.272 e. The molecule has 0 heterocycles. The van der Waals surface area contributed by atoms with Gasteiger partial charge in [0.05, 0.1) is 0 Å². The quantitative estimate of drug-likeness (QED) is 0.216. The second-order valence-electron chi connectivity index (χ2n) is 11.7. The molecule has 0 saturated heterocycles. The SMILES string of the molecule is C=CC=CCC.CC(C)(C)CP(CC(C)(C)C)(CC(C)(C)C)=NC1=CC=CC1.[Ti]. The first-order chi connectivity index (χ1) is 12.6. The summed E-state index contributed by atoms with van der Waals surface area (Å²) in [7, 11) is -1.39. The van der Waals surface area contributed by atoms with Crippen molar-refractivity contribution in [2.75, 3.05) is 18.5 Å². The fraction of sp³-hybridized carbons (Fsp3) is 0.692.